The number of anilines is 1. The molecule has 0 aliphatic carbocycles. The largest absolute Gasteiger partial charge is 0.466 e. The van der Waals surface area contributed by atoms with Crippen LogP contribution >= 0.6 is 0 Å². The van der Waals surface area contributed by atoms with Crippen molar-refractivity contribution in [3.05, 3.63) is 42.5 Å². The maximum absolute atomic E-state index is 11.4. The number of fused-ring (bicyclic) bond motifs is 1. The Balaban J connectivity index is 2.02. The van der Waals surface area contributed by atoms with Crippen molar-refractivity contribution in [3.63, 3.8) is 0 Å². The van der Waals surface area contributed by atoms with Crippen molar-refractivity contribution in [2.24, 2.45) is 0 Å². The van der Waals surface area contributed by atoms with Crippen LogP contribution < -0.4 is 5.32 Å². The molecule has 3 heteroatoms. The molecule has 2 aromatic carbocycles. The fraction of sp³-hybridized carbons (Fsp3) is 0.312. The van der Waals surface area contributed by atoms with E-state index in [0.717, 1.165) is 5.69 Å². The van der Waals surface area contributed by atoms with Crippen LogP contribution in [0.3, 0.4) is 0 Å². The van der Waals surface area contributed by atoms with Gasteiger partial charge in [0, 0.05) is 11.7 Å². The van der Waals surface area contributed by atoms with E-state index in [2.05, 4.69) is 29.6 Å². The molecule has 0 saturated carbocycles. The van der Waals surface area contributed by atoms with Crippen molar-refractivity contribution in [2.75, 3.05) is 11.9 Å². The van der Waals surface area contributed by atoms with Gasteiger partial charge in [0.05, 0.1) is 13.0 Å². The predicted molar refractivity (Wildman–Crippen MR) is 78.3 cm³/mol. The Kier molecular flexibility index (Phi) is 4.39. The molecule has 1 atom stereocenters. The molecule has 100 valence electrons. The van der Waals surface area contributed by atoms with Crippen LogP contribution in [0, 0.1) is 0 Å². The summed E-state index contributed by atoms with van der Waals surface area (Å²) in [5.41, 5.74) is 1.02. The first-order chi connectivity index (χ1) is 9.19. The van der Waals surface area contributed by atoms with Crippen molar-refractivity contribution in [2.45, 2.75) is 26.3 Å². The second-order valence-electron chi connectivity index (χ2n) is 4.62. The minimum absolute atomic E-state index is 0.0558. The number of benzene rings is 2. The average Bonchev–Trinajstić information content (AvgIpc) is 2.38. The van der Waals surface area contributed by atoms with Crippen molar-refractivity contribution in [3.8, 4) is 0 Å². The monoisotopic (exact) mass is 257 g/mol. The standard InChI is InChI=1S/C16H19NO2/c1-3-19-16(18)10-12(2)17-15-9-8-13-6-4-5-7-14(13)11-15/h4-9,11-12,17H,3,10H2,1-2H3/t12-/m1/s1. The summed E-state index contributed by atoms with van der Waals surface area (Å²) in [4.78, 5) is 11.4. The van der Waals surface area contributed by atoms with E-state index in [0.29, 0.717) is 13.0 Å². The number of rotatable bonds is 5. The molecule has 0 heterocycles. The van der Waals surface area contributed by atoms with E-state index in [1.165, 1.54) is 10.8 Å². The van der Waals surface area contributed by atoms with Gasteiger partial charge in [0.25, 0.3) is 0 Å². The number of carbonyl (C=O) groups is 1. The second-order valence-corrected chi connectivity index (χ2v) is 4.62. The molecule has 19 heavy (non-hydrogen) atoms. The van der Waals surface area contributed by atoms with Crippen LogP contribution in [0.2, 0.25) is 0 Å². The zero-order valence-electron chi connectivity index (χ0n) is 11.3. The topological polar surface area (TPSA) is 38.3 Å². The Bertz CT molecular complexity index is 565. The maximum atomic E-state index is 11.4. The number of nitrogens with one attached hydrogen (secondary N) is 1. The van der Waals surface area contributed by atoms with Gasteiger partial charge in [-0.25, -0.2) is 0 Å². The van der Waals surface area contributed by atoms with Gasteiger partial charge in [-0.1, -0.05) is 30.3 Å². The molecule has 2 rings (SSSR count). The van der Waals surface area contributed by atoms with E-state index < -0.39 is 0 Å². The summed E-state index contributed by atoms with van der Waals surface area (Å²) in [6, 6.07) is 14.5. The minimum Gasteiger partial charge on any atom is -0.466 e. The lowest BCUT2D eigenvalue weighted by molar-refractivity contribution is -0.143. The van der Waals surface area contributed by atoms with Crippen LogP contribution in [-0.2, 0) is 9.53 Å². The molecular weight excluding hydrogens is 238 g/mol. The van der Waals surface area contributed by atoms with Gasteiger partial charge in [-0.05, 0) is 36.8 Å². The van der Waals surface area contributed by atoms with Gasteiger partial charge in [0.1, 0.15) is 0 Å². The number of hydrogen-bond donors (Lipinski definition) is 1. The van der Waals surface area contributed by atoms with Crippen molar-refractivity contribution >= 4 is 22.4 Å². The SMILES string of the molecule is CCOC(=O)C[C@@H](C)Nc1ccc2ccccc2c1. The summed E-state index contributed by atoms with van der Waals surface area (Å²) in [6.07, 6.45) is 0.376. The van der Waals surface area contributed by atoms with E-state index >= 15 is 0 Å². The molecule has 0 amide bonds. The predicted octanol–water partition coefficient (Wildman–Crippen LogP) is 3.59. The quantitative estimate of drug-likeness (QED) is 0.832. The average molecular weight is 257 g/mol. The molecule has 0 unspecified atom stereocenters. The van der Waals surface area contributed by atoms with E-state index in [1.807, 2.05) is 32.0 Å². The van der Waals surface area contributed by atoms with Crippen molar-refractivity contribution in [1.29, 1.82) is 0 Å². The molecule has 0 aromatic heterocycles. The Labute approximate surface area is 113 Å². The van der Waals surface area contributed by atoms with Crippen LogP contribution in [0.5, 0.6) is 0 Å². The summed E-state index contributed by atoms with van der Waals surface area (Å²) in [6.45, 7) is 4.23. The molecule has 1 N–H and O–H groups in total. The summed E-state index contributed by atoms with van der Waals surface area (Å²) in [5.74, 6) is -0.164. The summed E-state index contributed by atoms with van der Waals surface area (Å²) in [7, 11) is 0. The smallest absolute Gasteiger partial charge is 0.307 e. The van der Waals surface area contributed by atoms with E-state index in [1.54, 1.807) is 0 Å². The number of ether oxygens (including phenoxy) is 1. The summed E-state index contributed by atoms with van der Waals surface area (Å²) < 4.78 is 4.94. The lowest BCUT2D eigenvalue weighted by atomic mass is 10.1. The van der Waals surface area contributed by atoms with Gasteiger partial charge in [-0.2, -0.15) is 0 Å². The highest BCUT2D eigenvalue weighted by Gasteiger charge is 2.09. The molecule has 3 nitrogen and oxygen atoms in total. The highest BCUT2D eigenvalue weighted by atomic mass is 16.5. The Morgan fingerprint density at radius 1 is 1.21 bits per heavy atom. The second kappa shape index (κ2) is 6.23. The van der Waals surface area contributed by atoms with Crippen molar-refractivity contribution < 1.29 is 9.53 Å². The van der Waals surface area contributed by atoms with Gasteiger partial charge < -0.3 is 10.1 Å². The number of esters is 1. The Morgan fingerprint density at radius 3 is 2.68 bits per heavy atom. The molecule has 0 fully saturated rings. The van der Waals surface area contributed by atoms with Gasteiger partial charge in [0.2, 0.25) is 0 Å². The van der Waals surface area contributed by atoms with Gasteiger partial charge in [-0.3, -0.25) is 4.79 Å². The van der Waals surface area contributed by atoms with E-state index in [-0.39, 0.29) is 12.0 Å². The first kappa shape index (κ1) is 13.4. The Morgan fingerprint density at radius 2 is 1.95 bits per heavy atom. The highest BCUT2D eigenvalue weighted by molar-refractivity contribution is 5.85. The molecule has 0 aliphatic rings. The molecule has 0 spiro atoms. The fourth-order valence-electron chi connectivity index (χ4n) is 2.08. The van der Waals surface area contributed by atoms with Crippen LogP contribution in [0.1, 0.15) is 20.3 Å². The lowest BCUT2D eigenvalue weighted by Crippen LogP contribution is -2.20. The third-order valence-electron chi connectivity index (χ3n) is 2.94. The van der Waals surface area contributed by atoms with Gasteiger partial charge in [0.15, 0.2) is 0 Å². The van der Waals surface area contributed by atoms with E-state index in [9.17, 15) is 4.79 Å². The normalized spacial score (nSPS) is 12.1. The summed E-state index contributed by atoms with van der Waals surface area (Å²) in [5, 5.41) is 5.73. The highest BCUT2D eigenvalue weighted by Crippen LogP contribution is 2.19. The number of carbonyl (C=O) groups excluding carboxylic acids is 1. The third kappa shape index (κ3) is 3.71. The molecule has 0 saturated heterocycles. The zero-order chi connectivity index (χ0) is 13.7. The molecule has 2 aromatic rings. The van der Waals surface area contributed by atoms with Gasteiger partial charge >= 0.3 is 5.97 Å². The zero-order valence-corrected chi connectivity index (χ0v) is 11.3. The van der Waals surface area contributed by atoms with E-state index in [4.69, 9.17) is 4.74 Å². The van der Waals surface area contributed by atoms with Crippen LogP contribution in [-0.4, -0.2) is 18.6 Å². The Hall–Kier alpha value is -2.03. The first-order valence-corrected chi connectivity index (χ1v) is 6.60. The molecule has 0 aliphatic heterocycles. The molecule has 0 bridgehead atoms. The van der Waals surface area contributed by atoms with Crippen LogP contribution in [0.25, 0.3) is 10.8 Å². The maximum Gasteiger partial charge on any atom is 0.307 e. The first-order valence-electron chi connectivity index (χ1n) is 6.60. The fourth-order valence-corrected chi connectivity index (χ4v) is 2.08. The minimum atomic E-state index is -0.164. The van der Waals surface area contributed by atoms with Crippen molar-refractivity contribution in [1.82, 2.24) is 0 Å². The molecular formula is C16H19NO2. The molecule has 0 radical (unpaired) electrons. The van der Waals surface area contributed by atoms with Gasteiger partial charge in [-0.15, -0.1) is 0 Å². The lowest BCUT2D eigenvalue weighted by Gasteiger charge is -2.15. The van der Waals surface area contributed by atoms with Crippen LogP contribution in [0.4, 0.5) is 5.69 Å². The number of hydrogen-bond acceptors (Lipinski definition) is 3. The summed E-state index contributed by atoms with van der Waals surface area (Å²) >= 11 is 0. The third-order valence-corrected chi connectivity index (χ3v) is 2.94. The van der Waals surface area contributed by atoms with Crippen LogP contribution in [0.15, 0.2) is 42.5 Å².